The molecule has 11 nitrogen and oxygen atoms in total. The molecule has 32 heavy (non-hydrogen) atoms. The number of hydrogen-bond acceptors (Lipinski definition) is 9. The summed E-state index contributed by atoms with van der Waals surface area (Å²) in [5.74, 6) is -2.42. The van der Waals surface area contributed by atoms with Gasteiger partial charge in [0, 0.05) is 41.4 Å². The van der Waals surface area contributed by atoms with Gasteiger partial charge in [0.2, 0.25) is 0 Å². The summed E-state index contributed by atoms with van der Waals surface area (Å²) in [6.45, 7) is 0. The number of anilines is 1. The fourth-order valence-electron chi connectivity index (χ4n) is 3.35. The summed E-state index contributed by atoms with van der Waals surface area (Å²) >= 11 is 1.10. The van der Waals surface area contributed by atoms with Gasteiger partial charge in [0.05, 0.1) is 21.5 Å². The zero-order chi connectivity index (χ0) is 23.0. The van der Waals surface area contributed by atoms with E-state index >= 15 is 0 Å². The molecule has 0 aliphatic carbocycles. The van der Waals surface area contributed by atoms with Gasteiger partial charge in [-0.1, -0.05) is 0 Å². The first-order valence-electron chi connectivity index (χ1n) is 8.99. The van der Waals surface area contributed by atoms with Gasteiger partial charge in [-0.25, -0.2) is 4.98 Å². The molecule has 1 amide bonds. The Kier molecular flexibility index (Phi) is 5.20. The van der Waals surface area contributed by atoms with Gasteiger partial charge in [0.1, 0.15) is 5.76 Å². The second-order valence-electron chi connectivity index (χ2n) is 6.64. The number of aliphatic hydroxyl groups excluding tert-OH is 1. The Morgan fingerprint density at radius 1 is 0.969 bits per heavy atom. The van der Waals surface area contributed by atoms with Crippen molar-refractivity contribution in [3.63, 3.8) is 0 Å². The minimum Gasteiger partial charge on any atom is -0.507 e. The number of carbonyl (C=O) groups is 2. The highest BCUT2D eigenvalue weighted by atomic mass is 32.1. The first-order valence-corrected chi connectivity index (χ1v) is 9.87. The molecule has 3 aromatic rings. The number of aliphatic hydroxyl groups is 1. The van der Waals surface area contributed by atoms with E-state index in [1.165, 1.54) is 42.6 Å². The molecule has 0 radical (unpaired) electrons. The zero-order valence-corrected chi connectivity index (χ0v) is 16.8. The Morgan fingerprint density at radius 3 is 2.03 bits per heavy atom. The molecule has 160 valence electrons. The predicted molar refractivity (Wildman–Crippen MR) is 113 cm³/mol. The fourth-order valence-corrected chi connectivity index (χ4v) is 4.02. The lowest BCUT2D eigenvalue weighted by Crippen LogP contribution is -2.29. The molecule has 1 fully saturated rings. The van der Waals surface area contributed by atoms with E-state index in [2.05, 4.69) is 4.98 Å². The minimum atomic E-state index is -1.10. The second kappa shape index (κ2) is 8.00. The molecule has 1 saturated heterocycles. The number of aromatic nitrogens is 1. The molecule has 1 aromatic heterocycles. The average Bonchev–Trinajstić information content (AvgIpc) is 3.40. The Hall–Kier alpha value is -4.45. The van der Waals surface area contributed by atoms with Crippen LogP contribution in [0.2, 0.25) is 0 Å². The Morgan fingerprint density at radius 2 is 1.53 bits per heavy atom. The van der Waals surface area contributed by atoms with Crippen LogP contribution in [-0.2, 0) is 9.59 Å². The number of nitrogens with zero attached hydrogens (tertiary/aromatic N) is 4. The van der Waals surface area contributed by atoms with E-state index in [0.29, 0.717) is 5.56 Å². The smallest absolute Gasteiger partial charge is 0.301 e. The molecule has 2 heterocycles. The normalized spacial score (nSPS) is 17.5. The van der Waals surface area contributed by atoms with Crippen LogP contribution in [0.5, 0.6) is 0 Å². The number of hydrogen-bond donors (Lipinski definition) is 1. The molecule has 0 bridgehead atoms. The van der Waals surface area contributed by atoms with Crippen LogP contribution in [-0.4, -0.2) is 31.6 Å². The molecule has 0 spiro atoms. The van der Waals surface area contributed by atoms with Crippen molar-refractivity contribution < 1.29 is 24.5 Å². The number of ketones is 1. The molecule has 1 atom stereocenters. The first-order chi connectivity index (χ1) is 15.3. The van der Waals surface area contributed by atoms with Gasteiger partial charge in [-0.05, 0) is 29.8 Å². The molecular formula is C20H12N4O7S. The van der Waals surface area contributed by atoms with Crippen molar-refractivity contribution in [2.75, 3.05) is 4.90 Å². The number of nitro groups is 2. The predicted octanol–water partition coefficient (Wildman–Crippen LogP) is 3.59. The number of amides is 1. The third kappa shape index (κ3) is 3.48. The quantitative estimate of drug-likeness (QED) is 0.202. The maximum Gasteiger partial charge on any atom is 0.301 e. The minimum absolute atomic E-state index is 0.0969. The fraction of sp³-hybridized carbons (Fsp3) is 0.0500. The summed E-state index contributed by atoms with van der Waals surface area (Å²) in [7, 11) is 0. The van der Waals surface area contributed by atoms with Gasteiger partial charge in [-0.15, -0.1) is 11.3 Å². The highest BCUT2D eigenvalue weighted by Crippen LogP contribution is 2.43. The lowest BCUT2D eigenvalue weighted by atomic mass is 9.95. The van der Waals surface area contributed by atoms with Crippen molar-refractivity contribution in [3.8, 4) is 0 Å². The molecule has 1 aliphatic rings. The van der Waals surface area contributed by atoms with Gasteiger partial charge in [0.15, 0.2) is 5.13 Å². The zero-order valence-electron chi connectivity index (χ0n) is 15.9. The first kappa shape index (κ1) is 20.8. The highest BCUT2D eigenvalue weighted by molar-refractivity contribution is 7.14. The van der Waals surface area contributed by atoms with Crippen molar-refractivity contribution >= 4 is 45.3 Å². The maximum atomic E-state index is 12.9. The Balaban J connectivity index is 1.89. The summed E-state index contributed by atoms with van der Waals surface area (Å²) in [5, 5.41) is 34.6. The van der Waals surface area contributed by atoms with E-state index in [4.69, 9.17) is 0 Å². The van der Waals surface area contributed by atoms with E-state index < -0.39 is 33.3 Å². The number of rotatable bonds is 5. The molecule has 12 heteroatoms. The summed E-state index contributed by atoms with van der Waals surface area (Å²) in [6.07, 6.45) is 1.45. The number of nitro benzene ring substituents is 2. The van der Waals surface area contributed by atoms with Gasteiger partial charge in [-0.2, -0.15) is 0 Å². The van der Waals surface area contributed by atoms with Crippen LogP contribution in [0.1, 0.15) is 17.2 Å². The van der Waals surface area contributed by atoms with Crippen molar-refractivity contribution in [1.82, 2.24) is 4.98 Å². The molecule has 1 aliphatic heterocycles. The lowest BCUT2D eigenvalue weighted by Gasteiger charge is -2.22. The monoisotopic (exact) mass is 452 g/mol. The summed E-state index contributed by atoms with van der Waals surface area (Å²) in [5.41, 5.74) is -0.215. The lowest BCUT2D eigenvalue weighted by molar-refractivity contribution is -0.385. The topological polar surface area (TPSA) is 157 Å². The molecule has 0 saturated carbocycles. The van der Waals surface area contributed by atoms with E-state index in [9.17, 15) is 34.9 Å². The second-order valence-corrected chi connectivity index (χ2v) is 7.51. The van der Waals surface area contributed by atoms with Crippen LogP contribution in [0.15, 0.2) is 65.7 Å². The molecular weight excluding hydrogens is 440 g/mol. The summed E-state index contributed by atoms with van der Waals surface area (Å²) in [4.78, 5) is 51.7. The maximum absolute atomic E-state index is 12.9. The molecule has 1 N–H and O–H groups in total. The molecule has 2 aromatic carbocycles. The van der Waals surface area contributed by atoms with Crippen molar-refractivity contribution in [2.24, 2.45) is 0 Å². The number of thiazole rings is 1. The summed E-state index contributed by atoms with van der Waals surface area (Å²) < 4.78 is 0. The number of benzene rings is 2. The van der Waals surface area contributed by atoms with Gasteiger partial charge >= 0.3 is 5.91 Å². The van der Waals surface area contributed by atoms with Crippen LogP contribution in [0.25, 0.3) is 5.76 Å². The van der Waals surface area contributed by atoms with Gasteiger partial charge < -0.3 is 5.11 Å². The third-order valence-corrected chi connectivity index (χ3v) is 5.61. The van der Waals surface area contributed by atoms with Crippen molar-refractivity contribution in [2.45, 2.75) is 6.04 Å². The Bertz CT molecular complexity index is 1270. The summed E-state index contributed by atoms with van der Waals surface area (Å²) in [6, 6.07) is 8.97. The van der Waals surface area contributed by atoms with Gasteiger partial charge in [-0.3, -0.25) is 34.7 Å². The number of non-ortho nitro benzene ring substituents is 2. The highest BCUT2D eigenvalue weighted by Gasteiger charge is 2.48. The van der Waals surface area contributed by atoms with Crippen LogP contribution in [0.3, 0.4) is 0 Å². The average molecular weight is 452 g/mol. The van der Waals surface area contributed by atoms with E-state index in [1.807, 2.05) is 0 Å². The van der Waals surface area contributed by atoms with E-state index in [1.54, 1.807) is 5.38 Å². The Labute approximate surface area is 183 Å². The van der Waals surface area contributed by atoms with E-state index in [-0.39, 0.29) is 27.6 Å². The van der Waals surface area contributed by atoms with Crippen LogP contribution >= 0.6 is 11.3 Å². The number of carbonyl (C=O) groups excluding carboxylic acids is 2. The van der Waals surface area contributed by atoms with Crippen LogP contribution in [0, 0.1) is 20.2 Å². The van der Waals surface area contributed by atoms with Crippen LogP contribution < -0.4 is 4.90 Å². The SMILES string of the molecule is O=C1C(=O)N(c2nccs2)C(c2ccc([N+](=O)[O-])cc2)C1=C(O)c1ccc([N+](=O)[O-])cc1. The molecule has 1 unspecified atom stereocenters. The van der Waals surface area contributed by atoms with E-state index in [0.717, 1.165) is 28.4 Å². The van der Waals surface area contributed by atoms with Gasteiger partial charge in [0.25, 0.3) is 17.2 Å². The third-order valence-electron chi connectivity index (χ3n) is 4.84. The standard InChI is InChI=1S/C20H12N4O7S/c25-17(12-3-7-14(8-4-12)24(30)31)15-16(11-1-5-13(6-2-11)23(28)29)22(19(27)18(15)26)20-21-9-10-32-20/h1-10,16,25H. The molecule has 4 rings (SSSR count). The van der Waals surface area contributed by atoms with Crippen molar-refractivity contribution in [3.05, 3.63) is 97.0 Å². The van der Waals surface area contributed by atoms with Crippen LogP contribution in [0.4, 0.5) is 16.5 Å². The number of Topliss-reactive ketones (excluding diaryl/α,β-unsaturated/α-hetero) is 1. The largest absolute Gasteiger partial charge is 0.507 e. The van der Waals surface area contributed by atoms with Crippen molar-refractivity contribution in [1.29, 1.82) is 0 Å².